The van der Waals surface area contributed by atoms with Crippen LogP contribution in [0, 0.1) is 20.8 Å². The molecule has 1 N–H and O–H groups in total. The number of aromatic hydroxyl groups is 1. The predicted octanol–water partition coefficient (Wildman–Crippen LogP) is 4.47. The van der Waals surface area contributed by atoms with E-state index in [1.54, 1.807) is 0 Å². The van der Waals surface area contributed by atoms with Gasteiger partial charge in [-0.25, -0.2) is 0 Å². The highest BCUT2D eigenvalue weighted by Gasteiger charge is 2.16. The van der Waals surface area contributed by atoms with Crippen molar-refractivity contribution in [3.05, 3.63) is 64.2 Å². The summed E-state index contributed by atoms with van der Waals surface area (Å²) in [6.07, 6.45) is 0. The molecule has 0 aliphatic carbocycles. The summed E-state index contributed by atoms with van der Waals surface area (Å²) in [5.74, 6) is 0.732. The van der Waals surface area contributed by atoms with Crippen molar-refractivity contribution in [2.24, 2.45) is 0 Å². The quantitative estimate of drug-likeness (QED) is 0.821. The Bertz CT molecular complexity index is 556. The highest BCUT2D eigenvalue weighted by atomic mass is 16.3. The van der Waals surface area contributed by atoms with Gasteiger partial charge in [0.2, 0.25) is 0 Å². The first-order chi connectivity index (χ1) is 8.52. The Labute approximate surface area is 109 Å². The molecule has 0 aliphatic heterocycles. The number of rotatable bonds is 2. The minimum Gasteiger partial charge on any atom is -0.507 e. The highest BCUT2D eigenvalue weighted by molar-refractivity contribution is 5.51. The number of phenols is 1. The zero-order valence-electron chi connectivity index (χ0n) is 11.5. The Balaban J connectivity index is 2.55. The molecule has 1 unspecified atom stereocenters. The van der Waals surface area contributed by atoms with Crippen molar-refractivity contribution in [2.45, 2.75) is 33.6 Å². The predicted molar refractivity (Wildman–Crippen MR) is 76.3 cm³/mol. The molecule has 0 saturated carbocycles. The van der Waals surface area contributed by atoms with Gasteiger partial charge in [-0.2, -0.15) is 0 Å². The van der Waals surface area contributed by atoms with Gasteiger partial charge in [0.25, 0.3) is 0 Å². The lowest BCUT2D eigenvalue weighted by atomic mass is 9.85. The largest absolute Gasteiger partial charge is 0.507 e. The van der Waals surface area contributed by atoms with Crippen LogP contribution in [0.15, 0.2) is 36.4 Å². The van der Waals surface area contributed by atoms with E-state index in [9.17, 15) is 5.11 Å². The van der Waals surface area contributed by atoms with Gasteiger partial charge in [0.1, 0.15) is 5.75 Å². The summed E-state index contributed by atoms with van der Waals surface area (Å²) in [4.78, 5) is 0. The maximum Gasteiger partial charge on any atom is 0.121 e. The Kier molecular flexibility index (Phi) is 3.42. The Morgan fingerprint density at radius 2 is 1.56 bits per heavy atom. The molecule has 0 aliphatic rings. The summed E-state index contributed by atoms with van der Waals surface area (Å²) >= 11 is 0. The van der Waals surface area contributed by atoms with E-state index in [-0.39, 0.29) is 0 Å². The number of benzene rings is 2. The first-order valence-corrected chi connectivity index (χ1v) is 6.37. The number of aryl methyl sites for hydroxylation is 2. The van der Waals surface area contributed by atoms with E-state index in [1.165, 1.54) is 16.7 Å². The molecule has 0 bridgehead atoms. The lowest BCUT2D eigenvalue weighted by Gasteiger charge is -2.20. The molecule has 1 atom stereocenters. The summed E-state index contributed by atoms with van der Waals surface area (Å²) in [7, 11) is 0. The molecule has 2 rings (SSSR count). The van der Waals surface area contributed by atoms with Crippen molar-refractivity contribution < 1.29 is 5.11 Å². The molecule has 2 aromatic rings. The molecule has 0 saturated heterocycles. The van der Waals surface area contributed by atoms with Crippen molar-refractivity contribution in [1.82, 2.24) is 0 Å². The molecule has 0 spiro atoms. The Hall–Kier alpha value is -1.76. The normalized spacial score (nSPS) is 12.4. The number of hydrogen-bond donors (Lipinski definition) is 1. The summed E-state index contributed by atoms with van der Waals surface area (Å²) in [6, 6.07) is 12.5. The molecule has 0 radical (unpaired) electrons. The average molecular weight is 240 g/mol. The summed E-state index contributed by atoms with van der Waals surface area (Å²) in [5.41, 5.74) is 5.73. The van der Waals surface area contributed by atoms with Crippen LogP contribution in [-0.4, -0.2) is 5.11 Å². The van der Waals surface area contributed by atoms with Crippen molar-refractivity contribution in [1.29, 1.82) is 0 Å². The second-order valence-electron chi connectivity index (χ2n) is 5.03. The summed E-state index contributed by atoms with van der Waals surface area (Å²) in [5, 5.41) is 10.1. The van der Waals surface area contributed by atoms with Crippen LogP contribution < -0.4 is 0 Å². The molecule has 1 nitrogen and oxygen atoms in total. The van der Waals surface area contributed by atoms with E-state index in [1.807, 2.05) is 19.9 Å². The van der Waals surface area contributed by atoms with Gasteiger partial charge in [0.15, 0.2) is 0 Å². The highest BCUT2D eigenvalue weighted by Crippen LogP contribution is 2.35. The SMILES string of the molecule is Cc1cc(C)c(C(C)c2ccccc2)c(C)c1O. The van der Waals surface area contributed by atoms with Gasteiger partial charge >= 0.3 is 0 Å². The van der Waals surface area contributed by atoms with Crippen LogP contribution in [0.4, 0.5) is 0 Å². The fraction of sp³-hybridized carbons (Fsp3) is 0.294. The lowest BCUT2D eigenvalue weighted by Crippen LogP contribution is -2.03. The van der Waals surface area contributed by atoms with Crippen LogP contribution in [0.1, 0.15) is 40.7 Å². The Morgan fingerprint density at radius 3 is 2.17 bits per heavy atom. The van der Waals surface area contributed by atoms with Gasteiger partial charge in [-0.15, -0.1) is 0 Å². The molecule has 0 aromatic heterocycles. The van der Waals surface area contributed by atoms with E-state index in [0.717, 1.165) is 11.1 Å². The lowest BCUT2D eigenvalue weighted by molar-refractivity contribution is 0.465. The van der Waals surface area contributed by atoms with E-state index < -0.39 is 0 Å². The molecule has 0 fully saturated rings. The fourth-order valence-corrected chi connectivity index (χ4v) is 2.76. The second kappa shape index (κ2) is 4.85. The van der Waals surface area contributed by atoms with E-state index >= 15 is 0 Å². The van der Waals surface area contributed by atoms with Crippen LogP contribution in [0.2, 0.25) is 0 Å². The molecular formula is C17H20O. The average Bonchev–Trinajstić information content (AvgIpc) is 2.37. The van der Waals surface area contributed by atoms with Gasteiger partial charge in [-0.05, 0) is 48.6 Å². The molecular weight excluding hydrogens is 220 g/mol. The van der Waals surface area contributed by atoms with E-state index in [2.05, 4.69) is 44.2 Å². The van der Waals surface area contributed by atoms with Gasteiger partial charge < -0.3 is 5.11 Å². The van der Waals surface area contributed by atoms with Crippen LogP contribution >= 0.6 is 0 Å². The van der Waals surface area contributed by atoms with Crippen molar-refractivity contribution in [3.63, 3.8) is 0 Å². The first-order valence-electron chi connectivity index (χ1n) is 6.37. The molecule has 1 heteroatoms. The van der Waals surface area contributed by atoms with Gasteiger partial charge in [-0.3, -0.25) is 0 Å². The topological polar surface area (TPSA) is 20.2 Å². The third kappa shape index (κ3) is 2.13. The Morgan fingerprint density at radius 1 is 0.944 bits per heavy atom. The molecule has 18 heavy (non-hydrogen) atoms. The van der Waals surface area contributed by atoms with Gasteiger partial charge in [0.05, 0.1) is 0 Å². The van der Waals surface area contributed by atoms with Crippen LogP contribution in [0.5, 0.6) is 5.75 Å². The van der Waals surface area contributed by atoms with Crippen LogP contribution in [-0.2, 0) is 0 Å². The minimum atomic E-state index is 0.303. The summed E-state index contributed by atoms with van der Waals surface area (Å²) < 4.78 is 0. The van der Waals surface area contributed by atoms with Gasteiger partial charge in [0, 0.05) is 5.92 Å². The van der Waals surface area contributed by atoms with Crippen molar-refractivity contribution in [3.8, 4) is 5.75 Å². The smallest absolute Gasteiger partial charge is 0.121 e. The minimum absolute atomic E-state index is 0.303. The van der Waals surface area contributed by atoms with Crippen LogP contribution in [0.25, 0.3) is 0 Å². The molecule has 2 aromatic carbocycles. The molecule has 0 amide bonds. The maximum atomic E-state index is 10.1. The standard InChI is InChI=1S/C17H20O/c1-11-10-12(2)17(18)14(4)16(11)13(3)15-8-6-5-7-9-15/h5-10,13,18H,1-4H3. The maximum absolute atomic E-state index is 10.1. The molecule has 0 heterocycles. The zero-order valence-corrected chi connectivity index (χ0v) is 11.5. The van der Waals surface area contributed by atoms with Gasteiger partial charge in [-0.1, -0.05) is 43.3 Å². The van der Waals surface area contributed by atoms with Crippen molar-refractivity contribution in [2.75, 3.05) is 0 Å². The summed E-state index contributed by atoms with van der Waals surface area (Å²) in [6.45, 7) is 8.27. The fourth-order valence-electron chi connectivity index (χ4n) is 2.76. The number of hydrogen-bond acceptors (Lipinski definition) is 1. The van der Waals surface area contributed by atoms with Crippen LogP contribution in [0.3, 0.4) is 0 Å². The number of phenolic OH excluding ortho intramolecular Hbond substituents is 1. The van der Waals surface area contributed by atoms with E-state index in [0.29, 0.717) is 11.7 Å². The van der Waals surface area contributed by atoms with E-state index in [4.69, 9.17) is 0 Å². The van der Waals surface area contributed by atoms with Crippen molar-refractivity contribution >= 4 is 0 Å². The zero-order chi connectivity index (χ0) is 13.3. The third-order valence-corrected chi connectivity index (χ3v) is 3.72. The monoisotopic (exact) mass is 240 g/mol. The second-order valence-corrected chi connectivity index (χ2v) is 5.03. The third-order valence-electron chi connectivity index (χ3n) is 3.72. The molecule has 94 valence electrons. The first kappa shape index (κ1) is 12.7.